The van der Waals surface area contributed by atoms with Crippen LogP contribution in [0.15, 0.2) is 53.6 Å². The Hall–Kier alpha value is -4.14. The number of anilines is 1. The fourth-order valence-corrected chi connectivity index (χ4v) is 4.01. The van der Waals surface area contributed by atoms with E-state index in [0.717, 1.165) is 22.3 Å². The van der Waals surface area contributed by atoms with Crippen LogP contribution in [0.1, 0.15) is 5.69 Å². The quantitative estimate of drug-likeness (QED) is 0.379. The average molecular weight is 432 g/mol. The van der Waals surface area contributed by atoms with Gasteiger partial charge in [-0.25, -0.2) is 14.4 Å². The summed E-state index contributed by atoms with van der Waals surface area (Å²) in [5.41, 5.74) is 3.62. The van der Waals surface area contributed by atoms with Gasteiger partial charge in [0.05, 0.1) is 29.2 Å². The van der Waals surface area contributed by atoms with Crippen LogP contribution < -0.4 is 15.6 Å². The Morgan fingerprint density at radius 3 is 2.81 bits per heavy atom. The molecule has 0 aliphatic rings. The summed E-state index contributed by atoms with van der Waals surface area (Å²) in [7, 11) is 1.58. The van der Waals surface area contributed by atoms with Gasteiger partial charge in [0.25, 0.3) is 5.56 Å². The average Bonchev–Trinajstić information content (AvgIpc) is 3.34. The van der Waals surface area contributed by atoms with Crippen LogP contribution >= 0.6 is 0 Å². The first-order valence-corrected chi connectivity index (χ1v) is 10.1. The number of ether oxygens (including phenoxy) is 1. The summed E-state index contributed by atoms with van der Waals surface area (Å²) in [5, 5.41) is 10.1. The lowest BCUT2D eigenvalue weighted by atomic mass is 10.1. The lowest BCUT2D eigenvalue weighted by molar-refractivity contribution is 0.419. The summed E-state index contributed by atoms with van der Waals surface area (Å²) in [6, 6.07) is 12.3. The third-order valence-electron chi connectivity index (χ3n) is 5.58. The number of methoxy groups -OCH3 is 1. The highest BCUT2D eigenvalue weighted by atomic mass is 19.1. The lowest BCUT2D eigenvalue weighted by Crippen LogP contribution is -2.13. The van der Waals surface area contributed by atoms with Crippen molar-refractivity contribution >= 4 is 27.6 Å². The minimum Gasteiger partial charge on any atom is -0.496 e. The molecular formula is C23H21FN6O2. The molecule has 0 amide bonds. The lowest BCUT2D eigenvalue weighted by Gasteiger charge is -2.11. The molecule has 0 aliphatic heterocycles. The molecule has 3 aromatic heterocycles. The topological polar surface area (TPSA) is 101 Å². The van der Waals surface area contributed by atoms with Crippen molar-refractivity contribution in [1.29, 1.82) is 0 Å². The molecule has 162 valence electrons. The number of halogens is 1. The molecule has 5 rings (SSSR count). The first-order chi connectivity index (χ1) is 15.5. The van der Waals surface area contributed by atoms with Crippen molar-refractivity contribution in [3.63, 3.8) is 0 Å². The first-order valence-electron chi connectivity index (χ1n) is 10.1. The van der Waals surface area contributed by atoms with Gasteiger partial charge >= 0.3 is 0 Å². The van der Waals surface area contributed by atoms with Gasteiger partial charge in [0, 0.05) is 35.8 Å². The van der Waals surface area contributed by atoms with Crippen molar-refractivity contribution < 1.29 is 9.13 Å². The second-order valence-electron chi connectivity index (χ2n) is 7.50. The number of benzene rings is 2. The maximum atomic E-state index is 14.5. The summed E-state index contributed by atoms with van der Waals surface area (Å²) in [5.74, 6) is 1.03. The zero-order chi connectivity index (χ0) is 22.2. The Labute approximate surface area is 182 Å². The van der Waals surface area contributed by atoms with Crippen molar-refractivity contribution in [3.8, 4) is 17.0 Å². The molecule has 3 N–H and O–H groups in total. The zero-order valence-corrected chi connectivity index (χ0v) is 17.6. The van der Waals surface area contributed by atoms with Crippen LogP contribution in [-0.2, 0) is 6.54 Å². The molecule has 5 aromatic rings. The molecule has 0 unspecified atom stereocenters. The van der Waals surface area contributed by atoms with E-state index in [0.29, 0.717) is 41.1 Å². The predicted octanol–water partition coefficient (Wildman–Crippen LogP) is 3.84. The number of fused-ring (bicyclic) bond motifs is 2. The highest BCUT2D eigenvalue weighted by Crippen LogP contribution is 2.30. The van der Waals surface area contributed by atoms with Crippen LogP contribution in [0.3, 0.4) is 0 Å². The molecule has 0 spiro atoms. The van der Waals surface area contributed by atoms with Gasteiger partial charge in [-0.2, -0.15) is 0 Å². The third kappa shape index (κ3) is 3.37. The maximum absolute atomic E-state index is 14.5. The minimum absolute atomic E-state index is 0.154. The molecule has 8 nitrogen and oxygen atoms in total. The van der Waals surface area contributed by atoms with Crippen LogP contribution in [0.5, 0.6) is 5.75 Å². The molecule has 9 heteroatoms. The highest BCUT2D eigenvalue weighted by molar-refractivity contribution is 5.88. The van der Waals surface area contributed by atoms with E-state index in [9.17, 15) is 9.18 Å². The van der Waals surface area contributed by atoms with Gasteiger partial charge in [-0.1, -0.05) is 6.07 Å². The smallest absolute Gasteiger partial charge is 0.271 e. The van der Waals surface area contributed by atoms with E-state index in [1.165, 1.54) is 12.4 Å². The second-order valence-corrected chi connectivity index (χ2v) is 7.50. The summed E-state index contributed by atoms with van der Waals surface area (Å²) in [4.78, 5) is 20.3. The largest absolute Gasteiger partial charge is 0.496 e. The van der Waals surface area contributed by atoms with E-state index >= 15 is 0 Å². The number of hydrogen-bond donors (Lipinski definition) is 3. The van der Waals surface area contributed by atoms with Crippen LogP contribution in [0.25, 0.3) is 33.1 Å². The standard InChI is InChI=1S/C23H21FN6O2/c1-13-9-16-20(32-2)6-5-17(24)22(16)30(13)8-7-25-21-11-18(26-12-27-21)14-3-4-15-19(10-14)28-29-23(15)31/h3-6,9-12H,7-8H2,1-2H3,(H,25,26,27)(H2,28,29,31). The van der Waals surface area contributed by atoms with Crippen molar-refractivity contribution in [2.24, 2.45) is 0 Å². The fraction of sp³-hybridized carbons (Fsp3) is 0.174. The number of rotatable bonds is 6. The number of nitrogens with zero attached hydrogens (tertiary/aromatic N) is 3. The van der Waals surface area contributed by atoms with Crippen LogP contribution in [0.2, 0.25) is 0 Å². The van der Waals surface area contributed by atoms with Gasteiger partial charge in [0.15, 0.2) is 0 Å². The molecule has 0 bridgehead atoms. The van der Waals surface area contributed by atoms with E-state index in [1.54, 1.807) is 19.2 Å². The van der Waals surface area contributed by atoms with Gasteiger partial charge in [0.1, 0.15) is 23.7 Å². The molecule has 2 aromatic carbocycles. The predicted molar refractivity (Wildman–Crippen MR) is 122 cm³/mol. The van der Waals surface area contributed by atoms with Gasteiger partial charge in [-0.15, -0.1) is 0 Å². The van der Waals surface area contributed by atoms with Crippen LogP contribution in [-0.4, -0.2) is 38.4 Å². The van der Waals surface area contributed by atoms with E-state index in [1.807, 2.05) is 35.8 Å². The van der Waals surface area contributed by atoms with Crippen molar-refractivity contribution in [1.82, 2.24) is 24.7 Å². The summed E-state index contributed by atoms with van der Waals surface area (Å²) >= 11 is 0. The van der Waals surface area contributed by atoms with Gasteiger partial charge < -0.3 is 14.6 Å². The molecular weight excluding hydrogens is 411 g/mol. The van der Waals surface area contributed by atoms with Crippen molar-refractivity contribution in [2.45, 2.75) is 13.5 Å². The fourth-order valence-electron chi connectivity index (χ4n) is 4.01. The van der Waals surface area contributed by atoms with E-state index < -0.39 is 0 Å². The third-order valence-corrected chi connectivity index (χ3v) is 5.58. The Morgan fingerprint density at radius 1 is 1.09 bits per heavy atom. The SMILES string of the molecule is COc1ccc(F)c2c1cc(C)n2CCNc1cc(-c2ccc3c(=O)[nH][nH]c3c2)ncn1. The first kappa shape index (κ1) is 19.8. The Balaban J connectivity index is 1.36. The van der Waals surface area contributed by atoms with E-state index in [-0.39, 0.29) is 11.4 Å². The van der Waals surface area contributed by atoms with Crippen LogP contribution in [0.4, 0.5) is 10.2 Å². The van der Waals surface area contributed by atoms with Crippen molar-refractivity contribution in [3.05, 3.63) is 70.7 Å². The number of nitrogens with one attached hydrogen (secondary N) is 3. The summed E-state index contributed by atoms with van der Waals surface area (Å²) in [6.07, 6.45) is 1.49. The minimum atomic E-state index is -0.281. The van der Waals surface area contributed by atoms with Crippen LogP contribution in [0, 0.1) is 12.7 Å². The maximum Gasteiger partial charge on any atom is 0.271 e. The number of aromatic nitrogens is 5. The summed E-state index contributed by atoms with van der Waals surface area (Å²) < 4.78 is 21.8. The van der Waals surface area contributed by atoms with E-state index in [2.05, 4.69) is 25.5 Å². The Morgan fingerprint density at radius 2 is 1.97 bits per heavy atom. The molecule has 0 saturated carbocycles. The van der Waals surface area contributed by atoms with Gasteiger partial charge in [-0.3, -0.25) is 15.0 Å². The highest BCUT2D eigenvalue weighted by Gasteiger charge is 2.14. The number of hydrogen-bond acceptors (Lipinski definition) is 5. The van der Waals surface area contributed by atoms with Gasteiger partial charge in [0.2, 0.25) is 0 Å². The molecule has 0 aliphatic carbocycles. The van der Waals surface area contributed by atoms with Gasteiger partial charge in [-0.05, 0) is 37.3 Å². The molecule has 0 atom stereocenters. The summed E-state index contributed by atoms with van der Waals surface area (Å²) in [6.45, 7) is 3.04. The number of aryl methyl sites for hydroxylation is 1. The molecule has 0 saturated heterocycles. The molecule has 0 radical (unpaired) electrons. The van der Waals surface area contributed by atoms with Crippen molar-refractivity contribution in [2.75, 3.05) is 19.0 Å². The molecule has 0 fully saturated rings. The second kappa shape index (κ2) is 7.84. The number of aromatic amines is 2. The van der Waals surface area contributed by atoms with E-state index in [4.69, 9.17) is 4.74 Å². The molecule has 3 heterocycles. The Kier molecular flexibility index (Phi) is 4.85. The normalized spacial score (nSPS) is 11.3. The monoisotopic (exact) mass is 432 g/mol. The zero-order valence-electron chi connectivity index (χ0n) is 17.6. The Bertz CT molecular complexity index is 1500. The molecule has 32 heavy (non-hydrogen) atoms. The number of H-pyrrole nitrogens is 2.